The van der Waals surface area contributed by atoms with Crippen LogP contribution < -0.4 is 5.48 Å². The molecule has 0 unspecified atom stereocenters. The lowest BCUT2D eigenvalue weighted by Crippen LogP contribution is -1.88. The van der Waals surface area contributed by atoms with Crippen molar-refractivity contribution in [1.29, 1.82) is 0 Å². The molecule has 2 nitrogen and oxygen atoms in total. The molecule has 0 heterocycles. The van der Waals surface area contributed by atoms with Crippen molar-refractivity contribution in [3.05, 3.63) is 35.0 Å². The van der Waals surface area contributed by atoms with Crippen molar-refractivity contribution in [3.63, 3.8) is 0 Å². The Morgan fingerprint density at radius 3 is 2.09 bits per heavy atom. The fourth-order valence-corrected chi connectivity index (χ4v) is 0.936. The Morgan fingerprint density at radius 1 is 1.18 bits per heavy atom. The summed E-state index contributed by atoms with van der Waals surface area (Å²) in [6, 6.07) is 7.51. The minimum absolute atomic E-state index is 0.524. The van der Waals surface area contributed by atoms with Crippen molar-refractivity contribution < 1.29 is 0 Å². The summed E-state index contributed by atoms with van der Waals surface area (Å²) in [5.74, 6) is 0.524. The first-order chi connectivity index (χ1) is 5.24. The summed E-state index contributed by atoms with van der Waals surface area (Å²) >= 11 is 0. The first kappa shape index (κ1) is 8.08. The molecule has 0 fully saturated rings. The second-order valence-electron chi connectivity index (χ2n) is 2.88. The Kier molecular flexibility index (Phi) is 2.49. The molecule has 0 radical (unpaired) electrons. The molecule has 1 N–H and O–H groups in total. The van der Waals surface area contributed by atoms with Crippen molar-refractivity contribution in [3.8, 4) is 0 Å². The number of benzene rings is 1. The van der Waals surface area contributed by atoms with Gasteiger partial charge in [0.1, 0.15) is 0 Å². The van der Waals surface area contributed by atoms with Gasteiger partial charge in [0.25, 0.3) is 0 Å². The molecule has 0 aromatic heterocycles. The van der Waals surface area contributed by atoms with E-state index in [9.17, 15) is 5.21 Å². The first-order valence-electron chi connectivity index (χ1n) is 3.72. The van der Waals surface area contributed by atoms with Crippen molar-refractivity contribution in [1.82, 2.24) is 0 Å². The molecule has 0 spiro atoms. The number of hydrogen-bond donors (Lipinski definition) is 1. The second-order valence-corrected chi connectivity index (χ2v) is 2.88. The van der Waals surface area contributed by atoms with Crippen LogP contribution in [-0.2, 0) is 0 Å². The van der Waals surface area contributed by atoms with Crippen LogP contribution in [0.15, 0.2) is 24.3 Å². The highest BCUT2D eigenvalue weighted by Gasteiger charge is 1.95. The Balaban J connectivity index is 2.83. The van der Waals surface area contributed by atoms with E-state index in [0.29, 0.717) is 11.6 Å². The first-order valence-corrected chi connectivity index (χ1v) is 3.72. The fraction of sp³-hybridized carbons (Fsp3) is 0.333. The van der Waals surface area contributed by atoms with Gasteiger partial charge in [-0.25, -0.2) is 0 Å². The summed E-state index contributed by atoms with van der Waals surface area (Å²) in [7, 11) is 0. The van der Waals surface area contributed by atoms with Gasteiger partial charge < -0.3 is 10.7 Å². The van der Waals surface area contributed by atoms with Crippen LogP contribution in [0.4, 0.5) is 5.69 Å². The van der Waals surface area contributed by atoms with Crippen LogP contribution in [-0.4, -0.2) is 0 Å². The van der Waals surface area contributed by atoms with E-state index in [-0.39, 0.29) is 0 Å². The van der Waals surface area contributed by atoms with Crippen LogP contribution in [0.1, 0.15) is 25.3 Å². The van der Waals surface area contributed by atoms with Crippen LogP contribution >= 0.6 is 0 Å². The maximum Gasteiger partial charge on any atom is 0.0233 e. The van der Waals surface area contributed by atoms with Gasteiger partial charge in [0.05, 0.1) is 0 Å². The molecule has 0 bridgehead atoms. The average molecular weight is 150 g/mol. The number of rotatable bonds is 2. The Labute approximate surface area is 66.8 Å². The molecule has 11 heavy (non-hydrogen) atoms. The Morgan fingerprint density at radius 2 is 1.73 bits per heavy atom. The smallest absolute Gasteiger partial charge is 0.0233 e. The van der Waals surface area contributed by atoms with E-state index in [1.165, 1.54) is 5.56 Å². The zero-order valence-corrected chi connectivity index (χ0v) is 6.79. The van der Waals surface area contributed by atoms with E-state index in [0.717, 1.165) is 0 Å². The van der Waals surface area contributed by atoms with E-state index in [1.54, 1.807) is 12.1 Å². The molecular formula is C9H12NO-. The number of nitrogens with one attached hydrogen (secondary N) is 1. The molecule has 0 saturated carbocycles. The molecule has 0 aliphatic rings. The van der Waals surface area contributed by atoms with E-state index < -0.39 is 0 Å². The predicted octanol–water partition coefficient (Wildman–Crippen LogP) is 2.72. The summed E-state index contributed by atoms with van der Waals surface area (Å²) in [5.41, 5.74) is 3.72. The zero-order valence-electron chi connectivity index (χ0n) is 6.79. The monoisotopic (exact) mass is 150 g/mol. The van der Waals surface area contributed by atoms with Crippen molar-refractivity contribution >= 4 is 5.69 Å². The molecule has 0 aliphatic heterocycles. The van der Waals surface area contributed by atoms with Gasteiger partial charge in [0, 0.05) is 5.69 Å². The van der Waals surface area contributed by atoms with Gasteiger partial charge in [-0.15, -0.1) is 0 Å². The third-order valence-corrected chi connectivity index (χ3v) is 1.70. The van der Waals surface area contributed by atoms with E-state index in [1.807, 2.05) is 17.6 Å². The van der Waals surface area contributed by atoms with Crippen molar-refractivity contribution in [2.75, 3.05) is 5.48 Å². The third-order valence-electron chi connectivity index (χ3n) is 1.70. The topological polar surface area (TPSA) is 35.1 Å². The van der Waals surface area contributed by atoms with Gasteiger partial charge in [-0.3, -0.25) is 0 Å². The lowest BCUT2D eigenvalue weighted by molar-refractivity contribution is 0.867. The molecule has 0 amide bonds. The number of hydrogen-bond acceptors (Lipinski definition) is 2. The normalized spacial score (nSPS) is 10.2. The predicted molar refractivity (Wildman–Crippen MR) is 47.5 cm³/mol. The quantitative estimate of drug-likeness (QED) is 0.658. The van der Waals surface area contributed by atoms with E-state index >= 15 is 0 Å². The van der Waals surface area contributed by atoms with Crippen molar-refractivity contribution in [2.24, 2.45) is 0 Å². The summed E-state index contributed by atoms with van der Waals surface area (Å²) in [6.45, 7) is 4.25. The maximum absolute atomic E-state index is 10.2. The molecule has 0 saturated heterocycles. The van der Waals surface area contributed by atoms with Crippen LogP contribution in [0.25, 0.3) is 0 Å². The van der Waals surface area contributed by atoms with Gasteiger partial charge >= 0.3 is 0 Å². The molecule has 1 aromatic rings. The number of anilines is 1. The minimum Gasteiger partial charge on any atom is -0.761 e. The SMILES string of the molecule is CC(C)c1ccc(N[O-])cc1. The lowest BCUT2D eigenvalue weighted by atomic mass is 10.0. The van der Waals surface area contributed by atoms with Gasteiger partial charge in [0.15, 0.2) is 0 Å². The molecule has 0 aliphatic carbocycles. The van der Waals surface area contributed by atoms with Crippen LogP contribution in [0.5, 0.6) is 0 Å². The minimum atomic E-state index is 0.524. The van der Waals surface area contributed by atoms with E-state index in [2.05, 4.69) is 13.8 Å². The van der Waals surface area contributed by atoms with Crippen LogP contribution in [0.3, 0.4) is 0 Å². The summed E-state index contributed by atoms with van der Waals surface area (Å²) in [5, 5.41) is 10.2. The highest BCUT2D eigenvalue weighted by atomic mass is 16.5. The van der Waals surface area contributed by atoms with E-state index in [4.69, 9.17) is 0 Å². The molecular weight excluding hydrogens is 138 g/mol. The summed E-state index contributed by atoms with van der Waals surface area (Å²) in [4.78, 5) is 0. The molecule has 2 heteroatoms. The summed E-state index contributed by atoms with van der Waals surface area (Å²) in [6.07, 6.45) is 0. The van der Waals surface area contributed by atoms with Crippen LogP contribution in [0, 0.1) is 5.21 Å². The highest BCUT2D eigenvalue weighted by molar-refractivity contribution is 5.45. The van der Waals surface area contributed by atoms with Gasteiger partial charge in [-0.05, 0) is 23.6 Å². The molecule has 1 rings (SSSR count). The zero-order chi connectivity index (χ0) is 8.27. The second kappa shape index (κ2) is 3.39. The highest BCUT2D eigenvalue weighted by Crippen LogP contribution is 2.16. The van der Waals surface area contributed by atoms with Gasteiger partial charge in [0.2, 0.25) is 0 Å². The summed E-state index contributed by atoms with van der Waals surface area (Å²) < 4.78 is 0. The van der Waals surface area contributed by atoms with Gasteiger partial charge in [-0.2, -0.15) is 0 Å². The lowest BCUT2D eigenvalue weighted by Gasteiger charge is -2.10. The average Bonchev–Trinajstić information content (AvgIpc) is 2.05. The Bertz CT molecular complexity index is 216. The molecule has 1 aromatic carbocycles. The van der Waals surface area contributed by atoms with Crippen LogP contribution in [0.2, 0.25) is 0 Å². The van der Waals surface area contributed by atoms with Crippen molar-refractivity contribution in [2.45, 2.75) is 19.8 Å². The largest absolute Gasteiger partial charge is 0.761 e. The standard InChI is InChI=1S/C9H12NO/c1-7(2)8-3-5-9(10-11)6-4-8/h3-7,10H,1-2H3/q-1. The molecule has 0 atom stereocenters. The third kappa shape index (κ3) is 1.95. The van der Waals surface area contributed by atoms with Gasteiger partial charge in [-0.1, -0.05) is 26.0 Å². The molecule has 60 valence electrons. The maximum atomic E-state index is 10.2. The Hall–Kier alpha value is -1.02. The fourth-order valence-electron chi connectivity index (χ4n) is 0.936.